The molecular weight excluding hydrogens is 333 g/mol. The number of aromatic nitrogens is 1. The number of pyridine rings is 1. The fourth-order valence-electron chi connectivity index (χ4n) is 2.83. The zero-order chi connectivity index (χ0) is 19.1. The first-order chi connectivity index (χ1) is 12.2. The summed E-state index contributed by atoms with van der Waals surface area (Å²) in [5.41, 5.74) is 3.93. The van der Waals surface area contributed by atoms with Crippen molar-refractivity contribution in [2.24, 2.45) is 0 Å². The molecule has 26 heavy (non-hydrogen) atoms. The molecule has 0 spiro atoms. The molecule has 0 N–H and O–H groups in total. The quantitative estimate of drug-likeness (QED) is 0.589. The van der Waals surface area contributed by atoms with Crippen LogP contribution >= 0.6 is 0 Å². The first-order valence-corrected chi connectivity index (χ1v) is 8.59. The Balaban J connectivity index is 2.22. The van der Waals surface area contributed by atoms with E-state index in [1.165, 1.54) is 6.07 Å². The van der Waals surface area contributed by atoms with Gasteiger partial charge < -0.3 is 9.15 Å². The maximum absolute atomic E-state index is 13.6. The van der Waals surface area contributed by atoms with Crippen molar-refractivity contribution in [1.82, 2.24) is 4.98 Å². The Bertz CT molecular complexity index is 983. The largest absolute Gasteiger partial charge is 0.460 e. The lowest BCUT2D eigenvalue weighted by atomic mass is 9.86. The van der Waals surface area contributed by atoms with Crippen molar-refractivity contribution in [3.63, 3.8) is 0 Å². The van der Waals surface area contributed by atoms with Crippen molar-refractivity contribution in [3.8, 4) is 11.3 Å². The van der Waals surface area contributed by atoms with Crippen LogP contribution in [0.2, 0.25) is 0 Å². The van der Waals surface area contributed by atoms with Gasteiger partial charge in [-0.2, -0.15) is 0 Å². The van der Waals surface area contributed by atoms with Gasteiger partial charge in [0.15, 0.2) is 5.58 Å². The molecule has 0 bridgehead atoms. The highest BCUT2D eigenvalue weighted by Gasteiger charge is 2.24. The Labute approximate surface area is 152 Å². The average molecular weight is 355 g/mol. The number of aryl methyl sites for hydroxylation is 1. The van der Waals surface area contributed by atoms with Gasteiger partial charge >= 0.3 is 5.97 Å². The van der Waals surface area contributed by atoms with Crippen LogP contribution in [0.25, 0.3) is 22.4 Å². The van der Waals surface area contributed by atoms with E-state index in [0.29, 0.717) is 22.4 Å². The highest BCUT2D eigenvalue weighted by atomic mass is 19.1. The molecule has 3 aromatic rings. The van der Waals surface area contributed by atoms with E-state index in [1.54, 1.807) is 32.0 Å². The lowest BCUT2D eigenvalue weighted by molar-refractivity contribution is 0.0492. The van der Waals surface area contributed by atoms with Crippen LogP contribution in [0.3, 0.4) is 0 Å². The SMILES string of the molecule is CCOC(=O)c1cc2nc(-c3ccc(F)c(C)c3)cc(C(C)(C)C)c2o1. The third kappa shape index (κ3) is 3.34. The first-order valence-electron chi connectivity index (χ1n) is 8.59. The third-order valence-electron chi connectivity index (χ3n) is 4.22. The van der Waals surface area contributed by atoms with Gasteiger partial charge in [0, 0.05) is 17.2 Å². The molecule has 4 nitrogen and oxygen atoms in total. The predicted molar refractivity (Wildman–Crippen MR) is 98.8 cm³/mol. The van der Waals surface area contributed by atoms with Gasteiger partial charge in [-0.25, -0.2) is 14.2 Å². The fourth-order valence-corrected chi connectivity index (χ4v) is 2.83. The maximum atomic E-state index is 13.6. The molecular formula is C21H22FNO3. The van der Waals surface area contributed by atoms with Gasteiger partial charge in [0.1, 0.15) is 11.3 Å². The molecule has 5 heteroatoms. The van der Waals surface area contributed by atoms with Crippen LogP contribution in [0.4, 0.5) is 4.39 Å². The normalized spacial score (nSPS) is 11.8. The fraction of sp³-hybridized carbons (Fsp3) is 0.333. The van der Waals surface area contributed by atoms with E-state index in [9.17, 15) is 9.18 Å². The number of esters is 1. The van der Waals surface area contributed by atoms with Gasteiger partial charge in [0.2, 0.25) is 5.76 Å². The summed E-state index contributed by atoms with van der Waals surface area (Å²) in [6.07, 6.45) is 0. The number of fused-ring (bicyclic) bond motifs is 1. The van der Waals surface area contributed by atoms with E-state index in [1.807, 2.05) is 6.07 Å². The summed E-state index contributed by atoms with van der Waals surface area (Å²) in [4.78, 5) is 16.7. The minimum atomic E-state index is -0.510. The predicted octanol–water partition coefficient (Wildman–Crippen LogP) is 5.42. The van der Waals surface area contributed by atoms with Crippen LogP contribution in [-0.4, -0.2) is 17.6 Å². The lowest BCUT2D eigenvalue weighted by Gasteiger charge is -2.20. The summed E-state index contributed by atoms with van der Waals surface area (Å²) in [5, 5.41) is 0. The number of benzene rings is 1. The number of hydrogen-bond donors (Lipinski definition) is 0. The molecule has 0 saturated heterocycles. The van der Waals surface area contributed by atoms with Gasteiger partial charge in [-0.15, -0.1) is 0 Å². The van der Waals surface area contributed by atoms with Crippen molar-refractivity contribution in [3.05, 3.63) is 53.0 Å². The Morgan fingerprint density at radius 3 is 2.58 bits per heavy atom. The molecule has 136 valence electrons. The molecule has 0 aliphatic rings. The number of halogens is 1. The number of carbonyl (C=O) groups is 1. The summed E-state index contributed by atoms with van der Waals surface area (Å²) in [6.45, 7) is 9.93. The van der Waals surface area contributed by atoms with Crippen molar-refractivity contribution >= 4 is 17.1 Å². The van der Waals surface area contributed by atoms with Gasteiger partial charge in [-0.3, -0.25) is 0 Å². The Morgan fingerprint density at radius 1 is 1.23 bits per heavy atom. The molecule has 0 aliphatic carbocycles. The number of rotatable bonds is 3. The zero-order valence-corrected chi connectivity index (χ0v) is 15.6. The van der Waals surface area contributed by atoms with Crippen LogP contribution in [0.15, 0.2) is 34.7 Å². The van der Waals surface area contributed by atoms with Crippen LogP contribution in [0, 0.1) is 12.7 Å². The van der Waals surface area contributed by atoms with Crippen molar-refractivity contribution < 1.29 is 18.3 Å². The Kier molecular flexibility index (Phi) is 4.57. The number of ether oxygens (including phenoxy) is 1. The second-order valence-corrected chi connectivity index (χ2v) is 7.31. The standard InChI is InChI=1S/C21H22FNO3/c1-6-25-20(24)18-11-17-19(26-18)14(21(3,4)5)10-16(23-17)13-7-8-15(22)12(2)9-13/h7-11H,6H2,1-5H3. The minimum Gasteiger partial charge on any atom is -0.460 e. The van der Waals surface area contributed by atoms with Crippen molar-refractivity contribution in [1.29, 1.82) is 0 Å². The zero-order valence-electron chi connectivity index (χ0n) is 15.6. The molecule has 0 amide bonds. The minimum absolute atomic E-state index is 0.132. The lowest BCUT2D eigenvalue weighted by Crippen LogP contribution is -2.12. The van der Waals surface area contributed by atoms with Crippen molar-refractivity contribution in [2.45, 2.75) is 40.0 Å². The Morgan fingerprint density at radius 2 is 1.96 bits per heavy atom. The number of carbonyl (C=O) groups excluding carboxylic acids is 1. The number of nitrogens with zero attached hydrogens (tertiary/aromatic N) is 1. The first kappa shape index (κ1) is 18.1. The van der Waals surface area contributed by atoms with Crippen LogP contribution in [-0.2, 0) is 10.2 Å². The van der Waals surface area contributed by atoms with E-state index in [2.05, 4.69) is 25.8 Å². The molecule has 0 fully saturated rings. The monoisotopic (exact) mass is 355 g/mol. The molecule has 0 saturated carbocycles. The number of furan rings is 1. The number of hydrogen-bond acceptors (Lipinski definition) is 4. The topological polar surface area (TPSA) is 52.3 Å². The third-order valence-corrected chi connectivity index (χ3v) is 4.22. The van der Waals surface area contributed by atoms with Gasteiger partial charge in [-0.05, 0) is 49.1 Å². The van der Waals surface area contributed by atoms with Gasteiger partial charge in [0.05, 0.1) is 12.3 Å². The molecule has 0 atom stereocenters. The van der Waals surface area contributed by atoms with E-state index in [-0.39, 0.29) is 23.6 Å². The van der Waals surface area contributed by atoms with E-state index < -0.39 is 5.97 Å². The average Bonchev–Trinajstić information content (AvgIpc) is 2.99. The van der Waals surface area contributed by atoms with Crippen LogP contribution < -0.4 is 0 Å². The molecule has 0 aliphatic heterocycles. The highest BCUT2D eigenvalue weighted by Crippen LogP contribution is 2.35. The summed E-state index contributed by atoms with van der Waals surface area (Å²) >= 11 is 0. The summed E-state index contributed by atoms with van der Waals surface area (Å²) < 4.78 is 24.4. The smallest absolute Gasteiger partial charge is 0.374 e. The second kappa shape index (κ2) is 6.56. The Hall–Kier alpha value is -2.69. The summed E-state index contributed by atoms with van der Waals surface area (Å²) in [5.74, 6) is -0.629. The van der Waals surface area contributed by atoms with Crippen LogP contribution in [0.1, 0.15) is 49.4 Å². The van der Waals surface area contributed by atoms with Gasteiger partial charge in [-0.1, -0.05) is 20.8 Å². The summed E-state index contributed by atoms with van der Waals surface area (Å²) in [6, 6.07) is 8.44. The van der Waals surface area contributed by atoms with E-state index in [0.717, 1.165) is 11.1 Å². The van der Waals surface area contributed by atoms with E-state index in [4.69, 9.17) is 9.15 Å². The molecule has 3 rings (SSSR count). The second-order valence-electron chi connectivity index (χ2n) is 7.31. The van der Waals surface area contributed by atoms with Gasteiger partial charge in [0.25, 0.3) is 0 Å². The highest BCUT2D eigenvalue weighted by molar-refractivity contribution is 5.93. The van der Waals surface area contributed by atoms with Crippen LogP contribution in [0.5, 0.6) is 0 Å². The molecule has 0 unspecified atom stereocenters. The maximum Gasteiger partial charge on any atom is 0.374 e. The van der Waals surface area contributed by atoms with Crippen molar-refractivity contribution in [2.75, 3.05) is 6.61 Å². The molecule has 2 heterocycles. The molecule has 0 radical (unpaired) electrons. The molecule has 2 aromatic heterocycles. The summed E-state index contributed by atoms with van der Waals surface area (Å²) in [7, 11) is 0. The van der Waals surface area contributed by atoms with E-state index >= 15 is 0 Å². The molecule has 1 aromatic carbocycles.